The molecule has 1 saturated carbocycles. The Bertz CT molecular complexity index is 1290. The summed E-state index contributed by atoms with van der Waals surface area (Å²) < 4.78 is 5.30. The first kappa shape index (κ1) is 25.0. The fourth-order valence-corrected chi connectivity index (χ4v) is 7.62. The Labute approximate surface area is 223 Å². The number of rotatable bonds is 3. The second kappa shape index (κ2) is 8.19. The summed E-state index contributed by atoms with van der Waals surface area (Å²) in [5.41, 5.74) is 5.77. The molecule has 0 spiro atoms. The highest BCUT2D eigenvalue weighted by Crippen LogP contribution is 2.66. The lowest BCUT2D eigenvalue weighted by Crippen LogP contribution is -2.60. The summed E-state index contributed by atoms with van der Waals surface area (Å²) in [4.78, 5) is 62.4. The topological polar surface area (TPSA) is 147 Å². The van der Waals surface area contributed by atoms with Gasteiger partial charge in [-0.1, -0.05) is 27.6 Å². The van der Waals surface area contributed by atoms with Crippen molar-refractivity contribution in [3.8, 4) is 11.5 Å². The van der Waals surface area contributed by atoms with Gasteiger partial charge in [-0.05, 0) is 37.0 Å². The molecule has 4 aliphatic rings. The van der Waals surface area contributed by atoms with Gasteiger partial charge in [0.25, 0.3) is 11.8 Å². The first-order chi connectivity index (χ1) is 16.9. The number of alkyl halides is 3. The minimum atomic E-state index is -2.06. The van der Waals surface area contributed by atoms with Crippen LogP contribution in [0, 0.1) is 17.8 Å². The second-order valence-corrected chi connectivity index (χ2v) is 11.0. The van der Waals surface area contributed by atoms with E-state index in [0.29, 0.717) is 16.2 Å². The number of imide groups is 4. The van der Waals surface area contributed by atoms with Crippen molar-refractivity contribution in [1.29, 1.82) is 0 Å². The Hall–Kier alpha value is -2.63. The molecule has 1 aromatic carbocycles. The number of ether oxygens (including phenoxy) is 1. The molecule has 0 radical (unpaired) electrons. The zero-order valence-electron chi connectivity index (χ0n) is 18.7. The summed E-state index contributed by atoms with van der Waals surface area (Å²) >= 11 is 17.2. The lowest BCUT2D eigenvalue weighted by atomic mass is 9.56. The van der Waals surface area contributed by atoms with Gasteiger partial charge in [0.05, 0.1) is 24.4 Å². The molecule has 6 amide bonds. The van der Waals surface area contributed by atoms with Crippen molar-refractivity contribution in [3.05, 3.63) is 35.4 Å². The van der Waals surface area contributed by atoms with Crippen LogP contribution in [0.3, 0.4) is 0 Å². The summed E-state index contributed by atoms with van der Waals surface area (Å²) in [5, 5.41) is 10.9. The molecule has 13 heteroatoms. The molecule has 3 fully saturated rings. The Morgan fingerprint density at radius 3 is 2.50 bits per heavy atom. The number of fused-ring (bicyclic) bond motifs is 4. The van der Waals surface area contributed by atoms with E-state index in [-0.39, 0.29) is 29.6 Å². The Morgan fingerprint density at radius 1 is 1.19 bits per heavy atom. The molecule has 0 unspecified atom stereocenters. The van der Waals surface area contributed by atoms with E-state index in [9.17, 15) is 29.1 Å². The van der Waals surface area contributed by atoms with E-state index in [1.807, 2.05) is 0 Å². The van der Waals surface area contributed by atoms with E-state index in [4.69, 9.17) is 33.7 Å². The van der Waals surface area contributed by atoms with E-state index >= 15 is 0 Å². The number of aromatic hydroxyl groups is 1. The van der Waals surface area contributed by atoms with E-state index in [1.54, 1.807) is 6.08 Å². The lowest BCUT2D eigenvalue weighted by Gasteiger charge is -2.50. The van der Waals surface area contributed by atoms with Crippen molar-refractivity contribution in [2.75, 3.05) is 12.6 Å². The van der Waals surface area contributed by atoms with Crippen LogP contribution in [0.2, 0.25) is 0 Å². The fraction of sp³-hybridized carbons (Fsp3) is 0.435. The average Bonchev–Trinajstić information content (AvgIpc) is 3.18. The van der Waals surface area contributed by atoms with Gasteiger partial charge >= 0.3 is 6.03 Å². The van der Waals surface area contributed by atoms with Crippen LogP contribution < -0.4 is 10.5 Å². The normalized spacial score (nSPS) is 35.4. The quantitative estimate of drug-likeness (QED) is 0.234. The Kier molecular flexibility index (Phi) is 5.70. The molecule has 2 saturated heterocycles. The number of allylic oxidation sites excluding steroid dienone is 2. The standard InChI is InChI=1S/C23H20BrCl2N3O7/c1-36-9-2-5-14(30)12(6-9)16-10-3-4-11-15(18(32)29(17(11)31)21(27)35)13(10)7-22(25)19(33)28(8-24)20(34)23(16,22)26/h2-3,5-6,11,13,15-16,30H,4,7-8H2,1H3,(H2,27,35)/t11-,13+,15-,16+,22+,23-/m0/s1. The summed E-state index contributed by atoms with van der Waals surface area (Å²) in [6.07, 6.45) is 1.50. The maximum Gasteiger partial charge on any atom is 0.328 e. The maximum atomic E-state index is 13.6. The monoisotopic (exact) mass is 599 g/mol. The predicted molar refractivity (Wildman–Crippen MR) is 129 cm³/mol. The molecule has 2 heterocycles. The summed E-state index contributed by atoms with van der Waals surface area (Å²) in [6, 6.07) is 3.17. The van der Waals surface area contributed by atoms with E-state index in [2.05, 4.69) is 15.9 Å². The molecule has 36 heavy (non-hydrogen) atoms. The number of likely N-dealkylation sites (tertiary alicyclic amines) is 2. The first-order valence-electron chi connectivity index (χ1n) is 11.0. The van der Waals surface area contributed by atoms with Gasteiger partial charge in [-0.15, -0.1) is 23.2 Å². The molecule has 5 rings (SSSR count). The number of halogens is 3. The van der Waals surface area contributed by atoms with Gasteiger partial charge in [0, 0.05) is 11.5 Å². The van der Waals surface area contributed by atoms with E-state index in [1.165, 1.54) is 25.3 Å². The van der Waals surface area contributed by atoms with Gasteiger partial charge in [0.1, 0.15) is 11.5 Å². The van der Waals surface area contributed by atoms with Crippen LogP contribution in [-0.4, -0.2) is 66.9 Å². The van der Waals surface area contributed by atoms with Crippen LogP contribution in [0.1, 0.15) is 24.3 Å². The second-order valence-electron chi connectivity index (χ2n) is 9.26. The van der Waals surface area contributed by atoms with Crippen LogP contribution in [-0.2, 0) is 19.2 Å². The summed E-state index contributed by atoms with van der Waals surface area (Å²) in [7, 11) is 1.42. The number of carbonyl (C=O) groups is 5. The zero-order chi connectivity index (χ0) is 26.3. The number of carbonyl (C=O) groups excluding carboxylic acids is 5. The van der Waals surface area contributed by atoms with Crippen LogP contribution >= 0.6 is 39.1 Å². The molecule has 1 aromatic rings. The number of nitrogens with zero attached hydrogens (tertiary/aromatic N) is 2. The number of primary amides is 1. The molecule has 0 aromatic heterocycles. The average molecular weight is 601 g/mol. The number of benzene rings is 1. The van der Waals surface area contributed by atoms with Gasteiger partial charge in [-0.3, -0.25) is 24.1 Å². The molecule has 2 aliphatic heterocycles. The van der Waals surface area contributed by atoms with Gasteiger partial charge in [-0.2, -0.15) is 4.90 Å². The van der Waals surface area contributed by atoms with Gasteiger partial charge in [0.15, 0.2) is 9.75 Å². The minimum Gasteiger partial charge on any atom is -0.508 e. The molecular formula is C23H20BrCl2N3O7. The van der Waals surface area contributed by atoms with Crippen molar-refractivity contribution in [2.24, 2.45) is 23.5 Å². The minimum absolute atomic E-state index is 0.0681. The smallest absolute Gasteiger partial charge is 0.328 e. The number of hydrogen-bond acceptors (Lipinski definition) is 7. The molecule has 6 atom stereocenters. The number of urea groups is 1. The SMILES string of the molecule is COc1ccc(O)c([C@H]2C3=CC[C@@H]4C(=O)N(C(N)=O)C(=O)[C@@H]4[C@@H]3C[C@@]3(Cl)C(=O)N(CBr)C(=O)[C@@]23Cl)c1. The molecule has 0 bridgehead atoms. The highest BCUT2D eigenvalue weighted by molar-refractivity contribution is 9.09. The third-order valence-electron chi connectivity index (χ3n) is 7.78. The van der Waals surface area contributed by atoms with Crippen molar-refractivity contribution in [3.63, 3.8) is 0 Å². The van der Waals surface area contributed by atoms with Gasteiger partial charge in [-0.25, -0.2) is 4.79 Å². The number of methoxy groups -OCH3 is 1. The number of nitrogens with two attached hydrogens (primary N) is 1. The van der Waals surface area contributed by atoms with E-state index < -0.39 is 63.1 Å². The van der Waals surface area contributed by atoms with E-state index in [0.717, 1.165) is 4.90 Å². The number of hydrogen-bond donors (Lipinski definition) is 2. The number of phenols is 1. The third kappa shape index (κ3) is 2.93. The van der Waals surface area contributed by atoms with Crippen LogP contribution in [0.5, 0.6) is 11.5 Å². The van der Waals surface area contributed by atoms with Gasteiger partial charge in [0.2, 0.25) is 11.8 Å². The van der Waals surface area contributed by atoms with Crippen LogP contribution in [0.15, 0.2) is 29.8 Å². The Balaban J connectivity index is 1.76. The molecule has 190 valence electrons. The predicted octanol–water partition coefficient (Wildman–Crippen LogP) is 2.19. The maximum absolute atomic E-state index is 13.6. The third-order valence-corrected chi connectivity index (χ3v) is 9.70. The highest BCUT2D eigenvalue weighted by Gasteiger charge is 2.76. The van der Waals surface area contributed by atoms with Gasteiger partial charge < -0.3 is 15.6 Å². The Morgan fingerprint density at radius 2 is 1.89 bits per heavy atom. The summed E-state index contributed by atoms with van der Waals surface area (Å²) in [6.45, 7) is 0. The first-order valence-corrected chi connectivity index (χ1v) is 12.9. The van der Waals surface area contributed by atoms with Crippen molar-refractivity contribution >= 4 is 68.8 Å². The lowest BCUT2D eigenvalue weighted by molar-refractivity contribution is -0.139. The number of phenolic OH excluding ortho intramolecular Hbond substituents is 1. The molecular weight excluding hydrogens is 581 g/mol. The largest absolute Gasteiger partial charge is 0.508 e. The molecule has 10 nitrogen and oxygen atoms in total. The molecule has 2 aliphatic carbocycles. The van der Waals surface area contributed by atoms with Crippen LogP contribution in [0.4, 0.5) is 4.79 Å². The van der Waals surface area contributed by atoms with Crippen molar-refractivity contribution in [2.45, 2.75) is 28.5 Å². The highest BCUT2D eigenvalue weighted by atomic mass is 79.9. The van der Waals surface area contributed by atoms with Crippen molar-refractivity contribution < 1.29 is 33.8 Å². The molecule has 3 N–H and O–H groups in total. The van der Waals surface area contributed by atoms with Crippen LogP contribution in [0.25, 0.3) is 0 Å². The summed E-state index contributed by atoms with van der Waals surface area (Å²) in [5.74, 6) is -6.85. The zero-order valence-corrected chi connectivity index (χ0v) is 21.8. The number of amides is 6. The fourth-order valence-electron chi connectivity index (χ4n) is 6.21. The van der Waals surface area contributed by atoms with Crippen molar-refractivity contribution in [1.82, 2.24) is 9.80 Å².